The summed E-state index contributed by atoms with van der Waals surface area (Å²) in [6.07, 6.45) is 3.51. The summed E-state index contributed by atoms with van der Waals surface area (Å²) in [5.41, 5.74) is 1.68. The molecule has 96 valence electrons. The average Bonchev–Trinajstić information content (AvgIpc) is 2.36. The predicted molar refractivity (Wildman–Crippen MR) is 77.3 cm³/mol. The Labute approximate surface area is 117 Å². The Morgan fingerprint density at radius 3 is 2.68 bits per heavy atom. The minimum Gasteiger partial charge on any atom is -0.508 e. The summed E-state index contributed by atoms with van der Waals surface area (Å²) in [5.74, 6) is 0.176. The van der Waals surface area contributed by atoms with Gasteiger partial charge in [-0.1, -0.05) is 41.9 Å². The number of hydrogen-bond donors (Lipinski definition) is 1. The third-order valence-corrected chi connectivity index (χ3v) is 2.83. The highest BCUT2D eigenvalue weighted by Crippen LogP contribution is 2.13. The molecular weight excluding hydrogens is 260 g/mol. The molecule has 0 saturated carbocycles. The van der Waals surface area contributed by atoms with Gasteiger partial charge in [0.25, 0.3) is 0 Å². The standard InChI is InChI=1S/C16H13ClO2/c17-14-5-1-4-13(9-14)11-16(19)8-7-12-3-2-6-15(18)10-12/h1-10,18H,11H2/b8-7+. The van der Waals surface area contributed by atoms with Crippen molar-refractivity contribution in [1.29, 1.82) is 0 Å². The minimum atomic E-state index is -0.00869. The van der Waals surface area contributed by atoms with Gasteiger partial charge in [-0.2, -0.15) is 0 Å². The van der Waals surface area contributed by atoms with Crippen molar-refractivity contribution in [2.75, 3.05) is 0 Å². The normalized spacial score (nSPS) is 10.8. The number of allylic oxidation sites excluding steroid dienone is 1. The van der Waals surface area contributed by atoms with Gasteiger partial charge in [-0.05, 0) is 41.5 Å². The molecule has 0 amide bonds. The number of aromatic hydroxyl groups is 1. The molecule has 0 unspecified atom stereocenters. The van der Waals surface area contributed by atoms with E-state index in [0.29, 0.717) is 11.4 Å². The Morgan fingerprint density at radius 1 is 1.16 bits per heavy atom. The van der Waals surface area contributed by atoms with Crippen LogP contribution in [-0.2, 0) is 11.2 Å². The van der Waals surface area contributed by atoms with E-state index in [1.54, 1.807) is 36.4 Å². The SMILES string of the molecule is O=C(/C=C/c1cccc(O)c1)Cc1cccc(Cl)c1. The second-order valence-electron chi connectivity index (χ2n) is 4.20. The maximum Gasteiger partial charge on any atom is 0.160 e. The van der Waals surface area contributed by atoms with Crippen molar-refractivity contribution in [2.24, 2.45) is 0 Å². The van der Waals surface area contributed by atoms with Crippen LogP contribution in [0.3, 0.4) is 0 Å². The molecule has 0 fully saturated rings. The molecule has 2 aromatic carbocycles. The fraction of sp³-hybridized carbons (Fsp3) is 0.0625. The van der Waals surface area contributed by atoms with Gasteiger partial charge in [0.1, 0.15) is 5.75 Å². The number of carbonyl (C=O) groups excluding carboxylic acids is 1. The van der Waals surface area contributed by atoms with Crippen molar-refractivity contribution in [3.8, 4) is 5.75 Å². The molecule has 0 atom stereocenters. The van der Waals surface area contributed by atoms with Crippen LogP contribution in [0.25, 0.3) is 6.08 Å². The zero-order valence-corrected chi connectivity index (χ0v) is 11.0. The zero-order chi connectivity index (χ0) is 13.7. The highest BCUT2D eigenvalue weighted by molar-refractivity contribution is 6.30. The topological polar surface area (TPSA) is 37.3 Å². The van der Waals surface area contributed by atoms with Gasteiger partial charge < -0.3 is 5.11 Å². The Hall–Kier alpha value is -2.06. The van der Waals surface area contributed by atoms with Gasteiger partial charge in [-0.25, -0.2) is 0 Å². The van der Waals surface area contributed by atoms with E-state index >= 15 is 0 Å². The third kappa shape index (κ3) is 4.27. The summed E-state index contributed by atoms with van der Waals surface area (Å²) >= 11 is 5.86. The van der Waals surface area contributed by atoms with Gasteiger partial charge in [-0.15, -0.1) is 0 Å². The van der Waals surface area contributed by atoms with Crippen molar-refractivity contribution in [2.45, 2.75) is 6.42 Å². The zero-order valence-electron chi connectivity index (χ0n) is 10.2. The first-order valence-electron chi connectivity index (χ1n) is 5.88. The molecule has 0 bridgehead atoms. The van der Waals surface area contributed by atoms with Gasteiger partial charge in [0.2, 0.25) is 0 Å². The van der Waals surface area contributed by atoms with Crippen LogP contribution >= 0.6 is 11.6 Å². The lowest BCUT2D eigenvalue weighted by Crippen LogP contribution is -1.97. The molecule has 0 radical (unpaired) electrons. The quantitative estimate of drug-likeness (QED) is 0.858. The molecule has 1 N–H and O–H groups in total. The Kier molecular flexibility index (Phi) is 4.37. The molecule has 3 heteroatoms. The summed E-state index contributed by atoms with van der Waals surface area (Å²) in [6, 6.07) is 14.0. The molecule has 0 aliphatic rings. The maximum absolute atomic E-state index is 11.8. The van der Waals surface area contributed by atoms with Gasteiger partial charge in [0.15, 0.2) is 5.78 Å². The van der Waals surface area contributed by atoms with E-state index in [1.165, 1.54) is 6.08 Å². The van der Waals surface area contributed by atoms with E-state index in [2.05, 4.69) is 0 Å². The Bertz CT molecular complexity index is 618. The van der Waals surface area contributed by atoms with Crippen LogP contribution in [-0.4, -0.2) is 10.9 Å². The van der Waals surface area contributed by atoms with Gasteiger partial charge >= 0.3 is 0 Å². The molecule has 2 rings (SSSR count). The van der Waals surface area contributed by atoms with Crippen LogP contribution in [0.1, 0.15) is 11.1 Å². The maximum atomic E-state index is 11.8. The van der Waals surface area contributed by atoms with E-state index in [0.717, 1.165) is 11.1 Å². The minimum absolute atomic E-state index is 0.00869. The Morgan fingerprint density at radius 2 is 1.95 bits per heavy atom. The molecular formula is C16H13ClO2. The number of benzene rings is 2. The van der Waals surface area contributed by atoms with Crippen molar-refractivity contribution in [3.05, 3.63) is 70.8 Å². The van der Waals surface area contributed by atoms with Crippen LogP contribution in [0.4, 0.5) is 0 Å². The molecule has 0 heterocycles. The van der Waals surface area contributed by atoms with Crippen molar-refractivity contribution < 1.29 is 9.90 Å². The van der Waals surface area contributed by atoms with Gasteiger partial charge in [0, 0.05) is 11.4 Å². The largest absolute Gasteiger partial charge is 0.508 e. The lowest BCUT2D eigenvalue weighted by atomic mass is 10.1. The lowest BCUT2D eigenvalue weighted by molar-refractivity contribution is -0.113. The first-order valence-corrected chi connectivity index (χ1v) is 6.26. The molecule has 2 aromatic rings. The van der Waals surface area contributed by atoms with Crippen molar-refractivity contribution >= 4 is 23.5 Å². The number of carbonyl (C=O) groups is 1. The number of phenolic OH excluding ortho intramolecular Hbond substituents is 1. The Balaban J connectivity index is 2.01. The van der Waals surface area contributed by atoms with Crippen molar-refractivity contribution in [1.82, 2.24) is 0 Å². The van der Waals surface area contributed by atoms with Gasteiger partial charge in [-0.3, -0.25) is 4.79 Å². The van der Waals surface area contributed by atoms with Crippen LogP contribution in [0, 0.1) is 0 Å². The molecule has 0 spiro atoms. The number of halogens is 1. The molecule has 19 heavy (non-hydrogen) atoms. The molecule has 2 nitrogen and oxygen atoms in total. The first kappa shape index (κ1) is 13.4. The highest BCUT2D eigenvalue weighted by atomic mass is 35.5. The second-order valence-corrected chi connectivity index (χ2v) is 4.64. The highest BCUT2D eigenvalue weighted by Gasteiger charge is 2.00. The fourth-order valence-electron chi connectivity index (χ4n) is 1.72. The summed E-state index contributed by atoms with van der Waals surface area (Å²) < 4.78 is 0. The van der Waals surface area contributed by atoms with E-state index < -0.39 is 0 Å². The van der Waals surface area contributed by atoms with Crippen LogP contribution in [0.15, 0.2) is 54.6 Å². The van der Waals surface area contributed by atoms with E-state index in [-0.39, 0.29) is 11.5 Å². The van der Waals surface area contributed by atoms with Crippen molar-refractivity contribution in [3.63, 3.8) is 0 Å². The average molecular weight is 273 g/mol. The number of ketones is 1. The van der Waals surface area contributed by atoms with E-state index in [4.69, 9.17) is 11.6 Å². The predicted octanol–water partition coefficient (Wildman–Crippen LogP) is 3.87. The van der Waals surface area contributed by atoms with Gasteiger partial charge in [0.05, 0.1) is 0 Å². The number of rotatable bonds is 4. The summed E-state index contributed by atoms with van der Waals surface area (Å²) in [5, 5.41) is 9.94. The molecule has 0 aliphatic carbocycles. The van der Waals surface area contributed by atoms with Crippen LogP contribution < -0.4 is 0 Å². The smallest absolute Gasteiger partial charge is 0.160 e. The van der Waals surface area contributed by atoms with Crippen LogP contribution in [0.2, 0.25) is 5.02 Å². The molecule has 0 aromatic heterocycles. The fourth-order valence-corrected chi connectivity index (χ4v) is 1.94. The number of hydrogen-bond acceptors (Lipinski definition) is 2. The summed E-state index contributed by atoms with van der Waals surface area (Å²) in [6.45, 7) is 0. The molecule has 0 aliphatic heterocycles. The first-order chi connectivity index (χ1) is 9.13. The number of phenols is 1. The van der Waals surface area contributed by atoms with E-state index in [9.17, 15) is 9.90 Å². The third-order valence-electron chi connectivity index (χ3n) is 2.60. The molecule has 0 saturated heterocycles. The second kappa shape index (κ2) is 6.21. The van der Waals surface area contributed by atoms with Crippen LogP contribution in [0.5, 0.6) is 5.75 Å². The summed E-state index contributed by atoms with van der Waals surface area (Å²) in [4.78, 5) is 11.8. The lowest BCUT2D eigenvalue weighted by Gasteiger charge is -1.98. The summed E-state index contributed by atoms with van der Waals surface area (Å²) in [7, 11) is 0. The monoisotopic (exact) mass is 272 g/mol. The van der Waals surface area contributed by atoms with E-state index in [1.807, 2.05) is 18.2 Å².